The molecule has 0 aliphatic heterocycles. The third-order valence-electron chi connectivity index (χ3n) is 12.5. The van der Waals surface area contributed by atoms with E-state index in [2.05, 4.69) is 116 Å². The van der Waals surface area contributed by atoms with Gasteiger partial charge in [-0.05, 0) is 89.9 Å². The molecule has 0 bridgehead atoms. The Kier molecular flexibility index (Phi) is 54.8. The Morgan fingerprint density at radius 3 is 1.04 bits per heavy atom. The second-order valence-corrected chi connectivity index (χ2v) is 19.0. The Balaban J connectivity index is 3.60. The minimum Gasteiger partial charge on any atom is -0.394 e. The average molecular weight is 929 g/mol. The van der Waals surface area contributed by atoms with Crippen LogP contribution in [0.5, 0.6) is 0 Å². The third-order valence-corrected chi connectivity index (χ3v) is 12.5. The van der Waals surface area contributed by atoms with E-state index in [1.807, 2.05) is 6.08 Å². The van der Waals surface area contributed by atoms with Gasteiger partial charge in [-0.15, -0.1) is 0 Å². The first-order valence-corrected chi connectivity index (χ1v) is 28.6. The number of nitrogens with one attached hydrogen (secondary N) is 1. The van der Waals surface area contributed by atoms with Crippen LogP contribution in [0.1, 0.15) is 264 Å². The van der Waals surface area contributed by atoms with Gasteiger partial charge in [0.1, 0.15) is 0 Å². The average Bonchev–Trinajstić information content (AvgIpc) is 3.33. The fourth-order valence-corrected chi connectivity index (χ4v) is 8.18. The fourth-order valence-electron chi connectivity index (χ4n) is 8.18. The van der Waals surface area contributed by atoms with Gasteiger partial charge >= 0.3 is 0 Å². The molecular formula is C63H109NO3. The van der Waals surface area contributed by atoms with Crippen LogP contribution in [0.3, 0.4) is 0 Å². The van der Waals surface area contributed by atoms with Crippen LogP contribution in [0, 0.1) is 0 Å². The molecule has 4 nitrogen and oxygen atoms in total. The van der Waals surface area contributed by atoms with Crippen molar-refractivity contribution < 1.29 is 15.0 Å². The van der Waals surface area contributed by atoms with Crippen molar-refractivity contribution in [3.8, 4) is 0 Å². The van der Waals surface area contributed by atoms with Crippen LogP contribution in [0.2, 0.25) is 0 Å². The van der Waals surface area contributed by atoms with Crippen LogP contribution >= 0.6 is 0 Å². The summed E-state index contributed by atoms with van der Waals surface area (Å²) in [6.07, 6.45) is 86.7. The number of carbonyl (C=O) groups is 1. The minimum absolute atomic E-state index is 0.0797. The number of allylic oxidation sites excluding steroid dienone is 17. The molecule has 0 aromatic carbocycles. The standard InChI is InChI=1S/C63H109NO3/c1-3-5-7-9-11-13-15-17-19-21-23-25-27-28-29-30-31-32-33-34-35-36-37-39-41-43-45-47-49-51-53-55-57-59-63(67)64-61(60-65)62(66)58-56-54-52-50-48-46-44-42-40-38-26-24-22-20-18-16-14-12-10-8-6-4-2/h5,7,11,13,17,19,23,25,28-29,31-32,34-35,48,50,56,58,61-62,65-66H,3-4,6,8-10,12,14-16,18,20-22,24,26-27,30,33,36-47,49,51-55,57,59-60H2,1-2H3,(H,64,67)/b7-5-,13-11-,19-17-,25-23-,29-28-,32-31-,35-34-,50-48+,58-56+. The monoisotopic (exact) mass is 928 g/mol. The summed E-state index contributed by atoms with van der Waals surface area (Å²) in [6.45, 7) is 4.19. The van der Waals surface area contributed by atoms with Crippen LogP contribution in [0.15, 0.2) is 109 Å². The maximum atomic E-state index is 12.5. The predicted octanol–water partition coefficient (Wildman–Crippen LogP) is 19.1. The SMILES string of the molecule is CC/C=C\C/C=C\C/C=C\C/C=C\C/C=C\C/C=C\C/C=C\CCCCCCCCCCCCCC(=O)NC(CO)C(O)/C=C/CC/C=C/CCCCCCCCCCCCCCCCCC. The Labute approximate surface area is 416 Å². The Hall–Kier alpha value is -2.95. The van der Waals surface area contributed by atoms with Gasteiger partial charge in [-0.3, -0.25) is 4.79 Å². The highest BCUT2D eigenvalue weighted by molar-refractivity contribution is 5.76. The molecule has 2 atom stereocenters. The number of rotatable bonds is 51. The molecule has 0 aliphatic rings. The van der Waals surface area contributed by atoms with Crippen LogP contribution < -0.4 is 5.32 Å². The van der Waals surface area contributed by atoms with Crippen molar-refractivity contribution in [1.29, 1.82) is 0 Å². The van der Waals surface area contributed by atoms with E-state index < -0.39 is 12.1 Å². The van der Waals surface area contributed by atoms with E-state index in [0.717, 1.165) is 77.0 Å². The molecule has 0 fully saturated rings. The number of hydrogen-bond acceptors (Lipinski definition) is 3. The zero-order valence-corrected chi connectivity index (χ0v) is 44.1. The molecule has 2 unspecified atom stereocenters. The summed E-state index contributed by atoms with van der Waals surface area (Å²) in [5.74, 6) is -0.0797. The molecule has 0 rings (SSSR count). The number of amides is 1. The highest BCUT2D eigenvalue weighted by Crippen LogP contribution is 2.16. The van der Waals surface area contributed by atoms with Gasteiger partial charge in [0, 0.05) is 6.42 Å². The van der Waals surface area contributed by atoms with Gasteiger partial charge < -0.3 is 15.5 Å². The maximum absolute atomic E-state index is 12.5. The smallest absolute Gasteiger partial charge is 0.220 e. The van der Waals surface area contributed by atoms with Gasteiger partial charge in [-0.2, -0.15) is 0 Å². The summed E-state index contributed by atoms with van der Waals surface area (Å²) in [5, 5.41) is 23.2. The van der Waals surface area contributed by atoms with E-state index in [4.69, 9.17) is 0 Å². The number of unbranched alkanes of at least 4 members (excludes halogenated alkanes) is 28. The number of aliphatic hydroxyl groups excluding tert-OH is 2. The van der Waals surface area contributed by atoms with E-state index in [0.29, 0.717) is 6.42 Å². The Morgan fingerprint density at radius 1 is 0.373 bits per heavy atom. The molecule has 0 spiro atoms. The normalized spacial score (nSPS) is 13.7. The van der Waals surface area contributed by atoms with Crippen LogP contribution in [0.25, 0.3) is 0 Å². The first-order valence-electron chi connectivity index (χ1n) is 28.6. The lowest BCUT2D eigenvalue weighted by Crippen LogP contribution is -2.45. The second kappa shape index (κ2) is 57.4. The van der Waals surface area contributed by atoms with Crippen molar-refractivity contribution in [1.82, 2.24) is 5.32 Å². The van der Waals surface area contributed by atoms with E-state index in [1.54, 1.807) is 6.08 Å². The van der Waals surface area contributed by atoms with Crippen molar-refractivity contribution in [2.45, 2.75) is 276 Å². The molecule has 1 amide bonds. The van der Waals surface area contributed by atoms with Crippen molar-refractivity contribution in [2.24, 2.45) is 0 Å². The van der Waals surface area contributed by atoms with Gasteiger partial charge in [0.05, 0.1) is 18.8 Å². The highest BCUT2D eigenvalue weighted by Gasteiger charge is 2.18. The fraction of sp³-hybridized carbons (Fsp3) is 0.698. The van der Waals surface area contributed by atoms with E-state index in [-0.39, 0.29) is 12.5 Å². The molecule has 3 N–H and O–H groups in total. The van der Waals surface area contributed by atoms with E-state index in [1.165, 1.54) is 167 Å². The zero-order valence-electron chi connectivity index (χ0n) is 44.1. The first-order chi connectivity index (χ1) is 33.2. The molecule has 0 aliphatic carbocycles. The van der Waals surface area contributed by atoms with E-state index >= 15 is 0 Å². The Bertz CT molecular complexity index is 1280. The summed E-state index contributed by atoms with van der Waals surface area (Å²) in [5.41, 5.74) is 0. The third kappa shape index (κ3) is 53.9. The number of hydrogen-bond donors (Lipinski definition) is 3. The minimum atomic E-state index is -0.871. The van der Waals surface area contributed by atoms with Crippen molar-refractivity contribution >= 4 is 5.91 Å². The summed E-state index contributed by atoms with van der Waals surface area (Å²) >= 11 is 0. The largest absolute Gasteiger partial charge is 0.394 e. The summed E-state index contributed by atoms with van der Waals surface area (Å²) in [7, 11) is 0. The predicted molar refractivity (Wildman–Crippen MR) is 299 cm³/mol. The quantitative estimate of drug-likeness (QED) is 0.0420. The maximum Gasteiger partial charge on any atom is 0.220 e. The van der Waals surface area contributed by atoms with Gasteiger partial charge in [0.25, 0.3) is 0 Å². The Morgan fingerprint density at radius 2 is 0.672 bits per heavy atom. The van der Waals surface area contributed by atoms with Gasteiger partial charge in [0.15, 0.2) is 0 Å². The molecule has 0 aromatic heterocycles. The van der Waals surface area contributed by atoms with Crippen molar-refractivity contribution in [2.75, 3.05) is 6.61 Å². The summed E-state index contributed by atoms with van der Waals surface area (Å²) < 4.78 is 0. The molecule has 0 saturated carbocycles. The molecule has 384 valence electrons. The molecule has 0 saturated heterocycles. The van der Waals surface area contributed by atoms with Gasteiger partial charge in [-0.1, -0.05) is 277 Å². The molecule has 0 radical (unpaired) electrons. The highest BCUT2D eigenvalue weighted by atomic mass is 16.3. The van der Waals surface area contributed by atoms with Crippen LogP contribution in [-0.4, -0.2) is 34.9 Å². The van der Waals surface area contributed by atoms with E-state index in [9.17, 15) is 15.0 Å². The lowest BCUT2D eigenvalue weighted by Gasteiger charge is -2.19. The molecular weight excluding hydrogens is 819 g/mol. The lowest BCUT2D eigenvalue weighted by atomic mass is 10.0. The summed E-state index contributed by atoms with van der Waals surface area (Å²) in [6, 6.07) is -0.648. The van der Waals surface area contributed by atoms with Crippen LogP contribution in [-0.2, 0) is 4.79 Å². The second-order valence-electron chi connectivity index (χ2n) is 19.0. The van der Waals surface area contributed by atoms with Gasteiger partial charge in [0.2, 0.25) is 5.91 Å². The van der Waals surface area contributed by atoms with Gasteiger partial charge in [-0.25, -0.2) is 0 Å². The van der Waals surface area contributed by atoms with Crippen molar-refractivity contribution in [3.05, 3.63) is 109 Å². The molecule has 0 aromatic rings. The first kappa shape index (κ1) is 64.0. The topological polar surface area (TPSA) is 69.6 Å². The van der Waals surface area contributed by atoms with Crippen LogP contribution in [0.4, 0.5) is 0 Å². The zero-order chi connectivity index (χ0) is 48.5. The molecule has 4 heteroatoms. The number of aliphatic hydroxyl groups is 2. The summed E-state index contributed by atoms with van der Waals surface area (Å²) in [4.78, 5) is 12.5. The molecule has 67 heavy (non-hydrogen) atoms. The van der Waals surface area contributed by atoms with Crippen molar-refractivity contribution in [3.63, 3.8) is 0 Å². The molecule has 0 heterocycles. The lowest BCUT2D eigenvalue weighted by molar-refractivity contribution is -0.123. The number of carbonyl (C=O) groups excluding carboxylic acids is 1.